The van der Waals surface area contributed by atoms with Crippen molar-refractivity contribution in [3.8, 4) is 5.69 Å². The number of nitrogens with zero attached hydrogens (tertiary/aromatic N) is 2. The van der Waals surface area contributed by atoms with Gasteiger partial charge in [0, 0.05) is 12.1 Å². The van der Waals surface area contributed by atoms with E-state index in [1.807, 2.05) is 18.2 Å². The van der Waals surface area contributed by atoms with Crippen molar-refractivity contribution in [3.05, 3.63) is 68.5 Å². The first-order chi connectivity index (χ1) is 9.58. The van der Waals surface area contributed by atoms with Crippen LogP contribution in [0.4, 0.5) is 5.69 Å². The van der Waals surface area contributed by atoms with Crippen molar-refractivity contribution in [3.63, 3.8) is 0 Å². The van der Waals surface area contributed by atoms with E-state index in [1.54, 1.807) is 23.0 Å². The third kappa shape index (κ3) is 1.90. The molecule has 5 nitrogen and oxygen atoms in total. The summed E-state index contributed by atoms with van der Waals surface area (Å²) in [5.74, 6) is 0. The van der Waals surface area contributed by atoms with Gasteiger partial charge in [0.2, 0.25) is 0 Å². The van der Waals surface area contributed by atoms with Crippen LogP contribution in [0.1, 0.15) is 5.56 Å². The SMILES string of the molecule is Cc1cc([N+](=O)[O-])ccc1-n1sc2ccccc2c1=O. The predicted molar refractivity (Wildman–Crippen MR) is 78.8 cm³/mol. The molecule has 2 aromatic carbocycles. The van der Waals surface area contributed by atoms with Crippen LogP contribution in [0.15, 0.2) is 47.3 Å². The highest BCUT2D eigenvalue weighted by Crippen LogP contribution is 2.24. The minimum atomic E-state index is -0.440. The van der Waals surface area contributed by atoms with Crippen LogP contribution in [0.3, 0.4) is 0 Å². The van der Waals surface area contributed by atoms with Gasteiger partial charge in [0.05, 0.1) is 20.7 Å². The second-order valence-corrected chi connectivity index (χ2v) is 5.40. The Morgan fingerprint density at radius 1 is 1.20 bits per heavy atom. The fourth-order valence-corrected chi connectivity index (χ4v) is 3.19. The lowest BCUT2D eigenvalue weighted by atomic mass is 10.2. The van der Waals surface area contributed by atoms with Crippen molar-refractivity contribution >= 4 is 27.3 Å². The molecule has 1 heterocycles. The fourth-order valence-electron chi connectivity index (χ4n) is 2.11. The molecule has 0 saturated carbocycles. The average Bonchev–Trinajstić information content (AvgIpc) is 2.76. The highest BCUT2D eigenvalue weighted by atomic mass is 32.1. The van der Waals surface area contributed by atoms with Crippen LogP contribution in [0.2, 0.25) is 0 Å². The normalized spacial score (nSPS) is 10.8. The molecule has 0 amide bonds. The summed E-state index contributed by atoms with van der Waals surface area (Å²) in [6, 6.07) is 11.9. The van der Waals surface area contributed by atoms with E-state index < -0.39 is 4.92 Å². The van der Waals surface area contributed by atoms with E-state index in [0.717, 1.165) is 4.70 Å². The minimum absolute atomic E-state index is 0.0282. The number of aromatic nitrogens is 1. The minimum Gasteiger partial charge on any atom is -0.267 e. The lowest BCUT2D eigenvalue weighted by molar-refractivity contribution is -0.384. The Morgan fingerprint density at radius 2 is 1.95 bits per heavy atom. The van der Waals surface area contributed by atoms with E-state index >= 15 is 0 Å². The Labute approximate surface area is 118 Å². The zero-order chi connectivity index (χ0) is 14.3. The molecular formula is C14H10N2O3S. The molecular weight excluding hydrogens is 276 g/mol. The summed E-state index contributed by atoms with van der Waals surface area (Å²) in [5, 5.41) is 11.4. The number of hydrogen-bond acceptors (Lipinski definition) is 4. The van der Waals surface area contributed by atoms with Gasteiger partial charge < -0.3 is 0 Å². The molecule has 0 saturated heterocycles. The zero-order valence-corrected chi connectivity index (χ0v) is 11.4. The molecule has 0 bridgehead atoms. The van der Waals surface area contributed by atoms with Gasteiger partial charge in [-0.2, -0.15) is 0 Å². The van der Waals surface area contributed by atoms with Gasteiger partial charge in [-0.1, -0.05) is 23.7 Å². The van der Waals surface area contributed by atoms with E-state index in [1.165, 1.54) is 23.7 Å². The summed E-state index contributed by atoms with van der Waals surface area (Å²) in [7, 11) is 0. The van der Waals surface area contributed by atoms with Gasteiger partial charge in [-0.25, -0.2) is 3.96 Å². The molecule has 0 radical (unpaired) electrons. The van der Waals surface area contributed by atoms with Gasteiger partial charge in [0.15, 0.2) is 0 Å². The van der Waals surface area contributed by atoms with Crippen molar-refractivity contribution in [2.24, 2.45) is 0 Å². The third-order valence-corrected chi connectivity index (χ3v) is 4.20. The first-order valence-corrected chi connectivity index (χ1v) is 6.72. The molecule has 3 rings (SSSR count). The van der Waals surface area contributed by atoms with Gasteiger partial charge in [-0.15, -0.1) is 0 Å². The van der Waals surface area contributed by atoms with Crippen LogP contribution < -0.4 is 5.56 Å². The molecule has 0 atom stereocenters. The summed E-state index contributed by atoms with van der Waals surface area (Å²) < 4.78 is 2.47. The molecule has 0 unspecified atom stereocenters. The third-order valence-electron chi connectivity index (χ3n) is 3.10. The zero-order valence-electron chi connectivity index (χ0n) is 10.6. The molecule has 3 aromatic rings. The molecule has 0 aliphatic heterocycles. The maximum Gasteiger partial charge on any atom is 0.273 e. The molecule has 20 heavy (non-hydrogen) atoms. The Morgan fingerprint density at radius 3 is 2.60 bits per heavy atom. The summed E-state index contributed by atoms with van der Waals surface area (Å²) in [6.07, 6.45) is 0. The van der Waals surface area contributed by atoms with Crippen molar-refractivity contribution in [1.82, 2.24) is 3.96 Å². The highest BCUT2D eigenvalue weighted by Gasteiger charge is 2.13. The van der Waals surface area contributed by atoms with Crippen LogP contribution in [-0.2, 0) is 0 Å². The van der Waals surface area contributed by atoms with E-state index in [0.29, 0.717) is 16.6 Å². The number of aryl methyl sites for hydroxylation is 1. The Bertz CT molecular complexity index is 880. The Hall–Kier alpha value is -2.47. The molecule has 0 aliphatic rings. The summed E-state index contributed by atoms with van der Waals surface area (Å²) in [4.78, 5) is 22.6. The number of nitro groups is 1. The first kappa shape index (κ1) is 12.6. The van der Waals surface area contributed by atoms with Crippen molar-refractivity contribution in [2.45, 2.75) is 6.92 Å². The molecule has 1 aromatic heterocycles. The van der Waals surface area contributed by atoms with Crippen molar-refractivity contribution < 1.29 is 4.92 Å². The topological polar surface area (TPSA) is 65.1 Å². The van der Waals surface area contributed by atoms with Gasteiger partial charge in [0.25, 0.3) is 11.2 Å². The number of rotatable bonds is 2. The summed E-state index contributed by atoms with van der Waals surface area (Å²) >= 11 is 1.34. The lowest BCUT2D eigenvalue weighted by Crippen LogP contribution is -2.11. The van der Waals surface area contributed by atoms with Crippen molar-refractivity contribution in [2.75, 3.05) is 0 Å². The van der Waals surface area contributed by atoms with Crippen LogP contribution in [0.25, 0.3) is 15.8 Å². The number of non-ortho nitro benzene ring substituents is 1. The average molecular weight is 286 g/mol. The predicted octanol–water partition coefficient (Wildman–Crippen LogP) is 3.27. The summed E-state index contributed by atoms with van der Waals surface area (Å²) in [6.45, 7) is 1.76. The molecule has 0 spiro atoms. The maximum atomic E-state index is 12.3. The first-order valence-electron chi connectivity index (χ1n) is 5.94. The van der Waals surface area contributed by atoms with Gasteiger partial charge in [-0.05, 0) is 30.7 Å². The second-order valence-electron chi connectivity index (χ2n) is 4.41. The van der Waals surface area contributed by atoms with Gasteiger partial charge in [0.1, 0.15) is 0 Å². The second kappa shape index (κ2) is 4.57. The molecule has 6 heteroatoms. The monoisotopic (exact) mass is 286 g/mol. The van der Waals surface area contributed by atoms with Crippen LogP contribution in [0.5, 0.6) is 0 Å². The van der Waals surface area contributed by atoms with Gasteiger partial charge in [-0.3, -0.25) is 14.9 Å². The quantitative estimate of drug-likeness (QED) is 0.536. The van der Waals surface area contributed by atoms with Crippen LogP contribution in [0, 0.1) is 17.0 Å². The van der Waals surface area contributed by atoms with E-state index in [9.17, 15) is 14.9 Å². The Kier molecular flexibility index (Phi) is 2.87. The molecule has 100 valence electrons. The smallest absolute Gasteiger partial charge is 0.267 e. The van der Waals surface area contributed by atoms with Crippen molar-refractivity contribution in [1.29, 1.82) is 0 Å². The largest absolute Gasteiger partial charge is 0.273 e. The van der Waals surface area contributed by atoms with E-state index in [-0.39, 0.29) is 11.2 Å². The lowest BCUT2D eigenvalue weighted by Gasteiger charge is -2.04. The summed E-state index contributed by atoms with van der Waals surface area (Å²) in [5.41, 5.74) is 1.32. The van der Waals surface area contributed by atoms with E-state index in [2.05, 4.69) is 0 Å². The number of fused-ring (bicyclic) bond motifs is 1. The van der Waals surface area contributed by atoms with E-state index in [4.69, 9.17) is 0 Å². The van der Waals surface area contributed by atoms with Crippen LogP contribution in [-0.4, -0.2) is 8.88 Å². The standard InChI is InChI=1S/C14H10N2O3S/c1-9-8-10(16(18)19)6-7-12(9)15-14(17)11-4-2-3-5-13(11)20-15/h2-8H,1H3. The van der Waals surface area contributed by atoms with Gasteiger partial charge >= 0.3 is 0 Å². The highest BCUT2D eigenvalue weighted by molar-refractivity contribution is 7.14. The maximum absolute atomic E-state index is 12.3. The molecule has 0 aliphatic carbocycles. The number of benzene rings is 2. The molecule has 0 N–H and O–H groups in total. The Balaban J connectivity index is 2.23. The van der Waals surface area contributed by atoms with Crippen LogP contribution >= 0.6 is 11.5 Å². The fraction of sp³-hybridized carbons (Fsp3) is 0.0714. The molecule has 0 fully saturated rings. The number of nitro benzene ring substituents is 1. The number of hydrogen-bond donors (Lipinski definition) is 0.